The van der Waals surface area contributed by atoms with E-state index in [0.29, 0.717) is 17.3 Å². The lowest BCUT2D eigenvalue weighted by atomic mass is 10.2. The van der Waals surface area contributed by atoms with Crippen LogP contribution in [0.4, 0.5) is 0 Å². The molecule has 0 bridgehead atoms. The van der Waals surface area contributed by atoms with Crippen molar-refractivity contribution >= 4 is 5.84 Å². The Hall–Kier alpha value is -3.29. The van der Waals surface area contributed by atoms with Crippen LogP contribution in [0.1, 0.15) is 5.69 Å². The molecule has 0 saturated heterocycles. The molecule has 3 aromatic rings. The summed E-state index contributed by atoms with van der Waals surface area (Å²) in [6.07, 6.45) is 4.99. The van der Waals surface area contributed by atoms with Crippen molar-refractivity contribution in [2.45, 2.75) is 0 Å². The summed E-state index contributed by atoms with van der Waals surface area (Å²) in [6, 6.07) is 7.21. The Balaban J connectivity index is 1.97. The standard InChI is InChI=1S/C13H12N8/c14-11(19-15)10-7-9(3-6-17-10)13-18-12(20-21-13)8-1-4-16-5-2-8/h1-7H,15H2,(H2,14,19)(H,18,20,21). The van der Waals surface area contributed by atoms with E-state index in [4.69, 9.17) is 11.6 Å². The summed E-state index contributed by atoms with van der Waals surface area (Å²) in [6.45, 7) is 0. The number of aromatic amines is 1. The maximum atomic E-state index is 5.64. The molecule has 8 nitrogen and oxygen atoms in total. The number of hydrogen-bond acceptors (Lipinski definition) is 6. The number of rotatable bonds is 3. The summed E-state index contributed by atoms with van der Waals surface area (Å²) < 4.78 is 0. The van der Waals surface area contributed by atoms with E-state index < -0.39 is 0 Å². The number of hydrazone groups is 1. The number of H-pyrrole nitrogens is 1. The van der Waals surface area contributed by atoms with Crippen molar-refractivity contribution < 1.29 is 0 Å². The zero-order valence-electron chi connectivity index (χ0n) is 10.9. The van der Waals surface area contributed by atoms with Crippen molar-refractivity contribution in [2.75, 3.05) is 0 Å². The highest BCUT2D eigenvalue weighted by atomic mass is 15.2. The largest absolute Gasteiger partial charge is 0.380 e. The van der Waals surface area contributed by atoms with Crippen LogP contribution < -0.4 is 11.6 Å². The van der Waals surface area contributed by atoms with Gasteiger partial charge < -0.3 is 11.6 Å². The molecule has 0 fully saturated rings. The Morgan fingerprint density at radius 3 is 2.62 bits per heavy atom. The lowest BCUT2D eigenvalue weighted by Crippen LogP contribution is -2.17. The van der Waals surface area contributed by atoms with Gasteiger partial charge in [-0.25, -0.2) is 4.98 Å². The van der Waals surface area contributed by atoms with Gasteiger partial charge in [0.1, 0.15) is 5.69 Å². The SMILES string of the molecule is NN=C(N)c1cc(-c2n[nH]c(-c3ccncc3)n2)ccn1. The topological polar surface area (TPSA) is 132 Å². The monoisotopic (exact) mass is 280 g/mol. The molecule has 0 unspecified atom stereocenters. The van der Waals surface area contributed by atoms with E-state index in [-0.39, 0.29) is 5.84 Å². The van der Waals surface area contributed by atoms with Crippen LogP contribution in [-0.2, 0) is 0 Å². The average Bonchev–Trinajstić information content (AvgIpc) is 3.05. The van der Waals surface area contributed by atoms with Crippen LogP contribution in [0.25, 0.3) is 22.8 Å². The molecule has 0 spiro atoms. The summed E-state index contributed by atoms with van der Waals surface area (Å²) in [5.41, 5.74) is 7.79. The third-order valence-electron chi connectivity index (χ3n) is 2.86. The van der Waals surface area contributed by atoms with Crippen LogP contribution >= 0.6 is 0 Å². The molecule has 21 heavy (non-hydrogen) atoms. The molecule has 8 heteroatoms. The van der Waals surface area contributed by atoms with Crippen molar-refractivity contribution in [1.82, 2.24) is 25.1 Å². The molecule has 104 valence electrons. The second-order valence-corrected chi connectivity index (χ2v) is 4.19. The maximum Gasteiger partial charge on any atom is 0.181 e. The minimum absolute atomic E-state index is 0.154. The second-order valence-electron chi connectivity index (χ2n) is 4.19. The van der Waals surface area contributed by atoms with Gasteiger partial charge in [-0.05, 0) is 24.3 Å². The van der Waals surface area contributed by atoms with Gasteiger partial charge >= 0.3 is 0 Å². The van der Waals surface area contributed by atoms with Gasteiger partial charge in [0.05, 0.1) is 0 Å². The van der Waals surface area contributed by atoms with Gasteiger partial charge in [-0.1, -0.05) is 0 Å². The molecule has 0 amide bonds. The van der Waals surface area contributed by atoms with Crippen LogP contribution in [0.2, 0.25) is 0 Å². The summed E-state index contributed by atoms with van der Waals surface area (Å²) in [4.78, 5) is 12.5. The fraction of sp³-hybridized carbons (Fsp3) is 0. The van der Waals surface area contributed by atoms with Crippen LogP contribution in [-0.4, -0.2) is 31.0 Å². The van der Waals surface area contributed by atoms with Crippen molar-refractivity contribution in [3.05, 3.63) is 48.5 Å². The molecule has 3 aromatic heterocycles. The van der Waals surface area contributed by atoms with E-state index in [1.165, 1.54) is 0 Å². The minimum Gasteiger partial charge on any atom is -0.380 e. The minimum atomic E-state index is 0.154. The van der Waals surface area contributed by atoms with E-state index in [9.17, 15) is 0 Å². The van der Waals surface area contributed by atoms with Crippen LogP contribution in [0.3, 0.4) is 0 Å². The number of nitrogens with two attached hydrogens (primary N) is 2. The fourth-order valence-corrected chi connectivity index (χ4v) is 1.81. The van der Waals surface area contributed by atoms with Gasteiger partial charge in [0.25, 0.3) is 0 Å². The van der Waals surface area contributed by atoms with Crippen LogP contribution in [0.5, 0.6) is 0 Å². The third kappa shape index (κ3) is 2.54. The van der Waals surface area contributed by atoms with Gasteiger partial charge in [0, 0.05) is 29.7 Å². The average molecular weight is 280 g/mol. The number of nitrogens with one attached hydrogen (secondary N) is 1. The molecule has 0 aromatic carbocycles. The predicted molar refractivity (Wildman–Crippen MR) is 77.8 cm³/mol. The molecule has 0 aliphatic heterocycles. The van der Waals surface area contributed by atoms with Crippen molar-refractivity contribution in [2.24, 2.45) is 16.7 Å². The quantitative estimate of drug-likeness (QED) is 0.277. The molecular weight excluding hydrogens is 268 g/mol. The fourth-order valence-electron chi connectivity index (χ4n) is 1.81. The van der Waals surface area contributed by atoms with Gasteiger partial charge in [-0.3, -0.25) is 15.1 Å². The highest BCUT2D eigenvalue weighted by Gasteiger charge is 2.09. The molecule has 0 aliphatic rings. The molecule has 0 aliphatic carbocycles. The lowest BCUT2D eigenvalue weighted by molar-refractivity contribution is 1.10. The zero-order chi connectivity index (χ0) is 14.7. The van der Waals surface area contributed by atoms with E-state index in [2.05, 4.69) is 30.3 Å². The van der Waals surface area contributed by atoms with Crippen LogP contribution in [0.15, 0.2) is 48.0 Å². The lowest BCUT2D eigenvalue weighted by Gasteiger charge is -2.00. The molecular formula is C13H12N8. The summed E-state index contributed by atoms with van der Waals surface area (Å²) in [5.74, 6) is 6.50. The first-order valence-corrected chi connectivity index (χ1v) is 6.11. The van der Waals surface area contributed by atoms with Crippen molar-refractivity contribution in [3.63, 3.8) is 0 Å². The van der Waals surface area contributed by atoms with Gasteiger partial charge in [0.2, 0.25) is 0 Å². The van der Waals surface area contributed by atoms with E-state index in [1.807, 2.05) is 12.1 Å². The summed E-state index contributed by atoms with van der Waals surface area (Å²) >= 11 is 0. The van der Waals surface area contributed by atoms with Crippen molar-refractivity contribution in [3.8, 4) is 22.8 Å². The zero-order valence-corrected chi connectivity index (χ0v) is 10.9. The number of pyridine rings is 2. The second kappa shape index (κ2) is 5.37. The Kier molecular flexibility index (Phi) is 3.26. The van der Waals surface area contributed by atoms with E-state index in [1.54, 1.807) is 30.7 Å². The molecule has 0 atom stereocenters. The number of aromatic nitrogens is 5. The Morgan fingerprint density at radius 2 is 1.86 bits per heavy atom. The normalized spacial score (nSPS) is 11.5. The van der Waals surface area contributed by atoms with Gasteiger partial charge in [-0.2, -0.15) is 10.2 Å². The van der Waals surface area contributed by atoms with Crippen LogP contribution in [0, 0.1) is 0 Å². The highest BCUT2D eigenvalue weighted by Crippen LogP contribution is 2.19. The third-order valence-corrected chi connectivity index (χ3v) is 2.86. The smallest absolute Gasteiger partial charge is 0.181 e. The molecule has 3 rings (SSSR count). The Morgan fingerprint density at radius 1 is 1.10 bits per heavy atom. The van der Waals surface area contributed by atoms with Gasteiger partial charge in [0.15, 0.2) is 17.5 Å². The maximum absolute atomic E-state index is 5.64. The summed E-state index contributed by atoms with van der Waals surface area (Å²) in [7, 11) is 0. The number of nitrogens with zero attached hydrogens (tertiary/aromatic N) is 5. The van der Waals surface area contributed by atoms with Gasteiger partial charge in [-0.15, -0.1) is 0 Å². The Labute approximate surface area is 120 Å². The van der Waals surface area contributed by atoms with E-state index >= 15 is 0 Å². The van der Waals surface area contributed by atoms with E-state index in [0.717, 1.165) is 11.1 Å². The first-order chi connectivity index (χ1) is 10.3. The predicted octanol–water partition coefficient (Wildman–Crippen LogP) is 0.508. The van der Waals surface area contributed by atoms with Crippen molar-refractivity contribution in [1.29, 1.82) is 0 Å². The molecule has 0 radical (unpaired) electrons. The highest BCUT2D eigenvalue weighted by molar-refractivity contribution is 5.96. The first kappa shape index (κ1) is 12.7. The molecule has 0 saturated carbocycles. The summed E-state index contributed by atoms with van der Waals surface area (Å²) in [5, 5.41) is 10.5. The number of hydrogen-bond donors (Lipinski definition) is 3. The molecule has 5 N–H and O–H groups in total. The Bertz CT molecular complexity index is 778. The first-order valence-electron chi connectivity index (χ1n) is 6.11. The number of amidine groups is 1. The molecule has 3 heterocycles.